The van der Waals surface area contributed by atoms with E-state index in [9.17, 15) is 14.7 Å². The van der Waals surface area contributed by atoms with Crippen molar-refractivity contribution in [2.24, 2.45) is 0 Å². The second-order valence-corrected chi connectivity index (χ2v) is 5.28. The highest BCUT2D eigenvalue weighted by atomic mass is 16.6. The summed E-state index contributed by atoms with van der Waals surface area (Å²) < 4.78 is 5.01. The van der Waals surface area contributed by atoms with Gasteiger partial charge in [-0.1, -0.05) is 0 Å². The highest BCUT2D eigenvalue weighted by molar-refractivity contribution is 5.99. The molecular formula is C14H19NO5. The topological polar surface area (TPSA) is 95.9 Å². The summed E-state index contributed by atoms with van der Waals surface area (Å²) in [4.78, 5) is 23.3. The van der Waals surface area contributed by atoms with Crippen LogP contribution in [0.25, 0.3) is 0 Å². The number of carbonyl (C=O) groups excluding carboxylic acids is 2. The smallest absolute Gasteiger partial charge is 0.408 e. The lowest BCUT2D eigenvalue weighted by molar-refractivity contribution is 0.0520. The van der Waals surface area contributed by atoms with E-state index < -0.39 is 11.7 Å². The van der Waals surface area contributed by atoms with Crippen molar-refractivity contribution in [2.45, 2.75) is 33.0 Å². The molecule has 0 aromatic heterocycles. The average Bonchev–Trinajstić information content (AvgIpc) is 2.34. The largest absolute Gasteiger partial charge is 0.508 e. The zero-order valence-corrected chi connectivity index (χ0v) is 11.8. The molecule has 0 saturated heterocycles. The Morgan fingerprint density at radius 1 is 1.30 bits per heavy atom. The number of amides is 1. The van der Waals surface area contributed by atoms with Crippen molar-refractivity contribution in [3.05, 3.63) is 29.3 Å². The van der Waals surface area contributed by atoms with E-state index in [0.29, 0.717) is 5.56 Å². The number of nitrogens with one attached hydrogen (secondary N) is 1. The lowest BCUT2D eigenvalue weighted by atomic mass is 10.1. The van der Waals surface area contributed by atoms with E-state index >= 15 is 0 Å². The number of aliphatic hydroxyl groups is 1. The number of ether oxygens (including phenoxy) is 1. The summed E-state index contributed by atoms with van der Waals surface area (Å²) in [5, 5.41) is 20.8. The fourth-order valence-corrected chi connectivity index (χ4v) is 1.45. The van der Waals surface area contributed by atoms with Crippen LogP contribution in [0.5, 0.6) is 5.75 Å². The molecule has 1 amide bonds. The molecule has 0 spiro atoms. The maximum Gasteiger partial charge on any atom is 0.408 e. The van der Waals surface area contributed by atoms with Gasteiger partial charge in [-0.25, -0.2) is 4.79 Å². The summed E-state index contributed by atoms with van der Waals surface area (Å²) in [6.45, 7) is 4.59. The predicted octanol–water partition coefficient (Wildman–Crippen LogP) is 1.59. The van der Waals surface area contributed by atoms with Gasteiger partial charge >= 0.3 is 6.09 Å². The predicted molar refractivity (Wildman–Crippen MR) is 72.6 cm³/mol. The highest BCUT2D eigenvalue weighted by Crippen LogP contribution is 2.18. The van der Waals surface area contributed by atoms with Crippen molar-refractivity contribution in [2.75, 3.05) is 6.54 Å². The summed E-state index contributed by atoms with van der Waals surface area (Å²) in [6, 6.07) is 4.13. The summed E-state index contributed by atoms with van der Waals surface area (Å²) in [6.07, 6.45) is -0.674. The zero-order valence-electron chi connectivity index (χ0n) is 11.8. The molecule has 20 heavy (non-hydrogen) atoms. The SMILES string of the molecule is CC(C)(C)OC(=O)NCC(=O)c1ccc(O)c(CO)c1. The molecule has 110 valence electrons. The maximum atomic E-state index is 11.9. The fraction of sp³-hybridized carbons (Fsp3) is 0.429. The minimum absolute atomic E-state index is 0.0795. The van der Waals surface area contributed by atoms with E-state index in [-0.39, 0.29) is 30.2 Å². The number of carbonyl (C=O) groups is 2. The van der Waals surface area contributed by atoms with E-state index in [1.54, 1.807) is 20.8 Å². The van der Waals surface area contributed by atoms with Crippen LogP contribution >= 0.6 is 0 Å². The Morgan fingerprint density at radius 2 is 1.95 bits per heavy atom. The number of Topliss-reactive ketones (excluding diaryl/α,β-unsaturated/α-hetero) is 1. The van der Waals surface area contributed by atoms with Crippen LogP contribution in [0.4, 0.5) is 4.79 Å². The van der Waals surface area contributed by atoms with E-state index in [0.717, 1.165) is 0 Å². The van der Waals surface area contributed by atoms with Crippen molar-refractivity contribution in [1.82, 2.24) is 5.32 Å². The van der Waals surface area contributed by atoms with Crippen molar-refractivity contribution in [1.29, 1.82) is 0 Å². The van der Waals surface area contributed by atoms with E-state index in [1.807, 2.05) is 0 Å². The molecule has 1 rings (SSSR count). The monoisotopic (exact) mass is 281 g/mol. The quantitative estimate of drug-likeness (QED) is 0.728. The molecule has 0 radical (unpaired) electrons. The molecule has 6 heteroatoms. The third-order valence-corrected chi connectivity index (χ3v) is 2.36. The normalized spacial score (nSPS) is 11.0. The molecule has 1 aromatic rings. The first-order valence-electron chi connectivity index (χ1n) is 6.16. The van der Waals surface area contributed by atoms with Crippen LogP contribution < -0.4 is 5.32 Å². The molecule has 0 fully saturated rings. The van der Waals surface area contributed by atoms with E-state index in [4.69, 9.17) is 9.84 Å². The highest BCUT2D eigenvalue weighted by Gasteiger charge is 2.17. The Labute approximate surface area is 117 Å². The molecule has 0 heterocycles. The van der Waals surface area contributed by atoms with Crippen molar-refractivity contribution < 1.29 is 24.5 Å². The lowest BCUT2D eigenvalue weighted by Gasteiger charge is -2.19. The number of benzene rings is 1. The van der Waals surface area contributed by atoms with E-state index in [1.165, 1.54) is 18.2 Å². The molecule has 0 unspecified atom stereocenters. The van der Waals surface area contributed by atoms with Crippen LogP contribution in [0.15, 0.2) is 18.2 Å². The van der Waals surface area contributed by atoms with Crippen LogP contribution in [-0.4, -0.2) is 34.2 Å². The van der Waals surface area contributed by atoms with Gasteiger partial charge in [0.2, 0.25) is 0 Å². The second kappa shape index (κ2) is 6.38. The average molecular weight is 281 g/mol. The van der Waals surface area contributed by atoms with Crippen molar-refractivity contribution in [3.8, 4) is 5.75 Å². The van der Waals surface area contributed by atoms with Gasteiger partial charge in [0.15, 0.2) is 5.78 Å². The van der Waals surface area contributed by atoms with Crippen molar-refractivity contribution in [3.63, 3.8) is 0 Å². The van der Waals surface area contributed by atoms with Gasteiger partial charge in [0.05, 0.1) is 13.2 Å². The first-order valence-corrected chi connectivity index (χ1v) is 6.16. The molecule has 0 saturated carbocycles. The number of aliphatic hydroxyl groups excluding tert-OH is 1. The Balaban J connectivity index is 2.61. The number of hydrogen-bond donors (Lipinski definition) is 3. The number of phenols is 1. The maximum absolute atomic E-state index is 11.9. The Kier molecular flexibility index (Phi) is 5.10. The Hall–Kier alpha value is -2.08. The molecule has 0 bridgehead atoms. The first kappa shape index (κ1) is 16.0. The van der Waals surface area contributed by atoms with Gasteiger partial charge in [-0.3, -0.25) is 4.79 Å². The van der Waals surface area contributed by atoms with E-state index in [2.05, 4.69) is 5.32 Å². The zero-order chi connectivity index (χ0) is 15.3. The Bertz CT molecular complexity index is 505. The van der Waals surface area contributed by atoms with Gasteiger partial charge in [-0.2, -0.15) is 0 Å². The molecule has 0 aliphatic heterocycles. The molecule has 6 nitrogen and oxygen atoms in total. The number of hydrogen-bond acceptors (Lipinski definition) is 5. The first-order chi connectivity index (χ1) is 9.23. The van der Waals surface area contributed by atoms with Crippen LogP contribution in [0.2, 0.25) is 0 Å². The third kappa shape index (κ3) is 4.89. The van der Waals surface area contributed by atoms with Crippen LogP contribution in [0.1, 0.15) is 36.7 Å². The lowest BCUT2D eigenvalue weighted by Crippen LogP contribution is -2.35. The van der Waals surface area contributed by atoms with Crippen molar-refractivity contribution >= 4 is 11.9 Å². The number of rotatable bonds is 4. The molecule has 1 aromatic carbocycles. The van der Waals surface area contributed by atoms with Gasteiger partial charge in [0.25, 0.3) is 0 Å². The molecule has 3 N–H and O–H groups in total. The Morgan fingerprint density at radius 3 is 2.50 bits per heavy atom. The summed E-state index contributed by atoms with van der Waals surface area (Å²) in [5.74, 6) is -0.422. The standard InChI is InChI=1S/C14H19NO5/c1-14(2,3)20-13(19)15-7-12(18)9-4-5-11(17)10(6-9)8-16/h4-6,16-17H,7-8H2,1-3H3,(H,15,19). The number of aromatic hydroxyl groups is 1. The third-order valence-electron chi connectivity index (χ3n) is 2.36. The van der Waals surface area contributed by atoms with Gasteiger partial charge in [0.1, 0.15) is 11.4 Å². The van der Waals surface area contributed by atoms with Crippen LogP contribution in [0.3, 0.4) is 0 Å². The van der Waals surface area contributed by atoms with Gasteiger partial charge in [-0.05, 0) is 39.0 Å². The molecule has 0 atom stereocenters. The number of ketones is 1. The minimum Gasteiger partial charge on any atom is -0.508 e. The van der Waals surface area contributed by atoms with Gasteiger partial charge in [-0.15, -0.1) is 0 Å². The molecular weight excluding hydrogens is 262 g/mol. The molecule has 0 aliphatic carbocycles. The van der Waals surface area contributed by atoms with Crippen LogP contribution in [0, 0.1) is 0 Å². The van der Waals surface area contributed by atoms with Gasteiger partial charge in [0, 0.05) is 11.1 Å². The summed E-state index contributed by atoms with van der Waals surface area (Å²) in [5.41, 5.74) is -0.0774. The molecule has 0 aliphatic rings. The fourth-order valence-electron chi connectivity index (χ4n) is 1.45. The summed E-state index contributed by atoms with van der Waals surface area (Å²) >= 11 is 0. The second-order valence-electron chi connectivity index (χ2n) is 5.28. The summed E-state index contributed by atoms with van der Waals surface area (Å²) in [7, 11) is 0. The van der Waals surface area contributed by atoms with Crippen LogP contribution in [-0.2, 0) is 11.3 Å². The van der Waals surface area contributed by atoms with Gasteiger partial charge < -0.3 is 20.3 Å². The minimum atomic E-state index is -0.674. The number of alkyl carbamates (subject to hydrolysis) is 1.